The van der Waals surface area contributed by atoms with Crippen LogP contribution in [0.2, 0.25) is 0 Å². The minimum absolute atomic E-state index is 0.0292. The number of rotatable bonds is 5. The van der Waals surface area contributed by atoms with Gasteiger partial charge < -0.3 is 10.2 Å². The molecule has 2 fully saturated rings. The van der Waals surface area contributed by atoms with Crippen LogP contribution in [-0.4, -0.2) is 49.9 Å². The number of piperidine rings is 1. The number of carbonyl (C=O) groups excluding carboxylic acids is 1. The van der Waals surface area contributed by atoms with Gasteiger partial charge in [0.25, 0.3) is 5.91 Å². The van der Waals surface area contributed by atoms with Gasteiger partial charge in [0.1, 0.15) is 11.5 Å². The molecule has 5 rings (SSSR count). The minimum atomic E-state index is -4.60. The topological polar surface area (TPSA) is 83.9 Å². The van der Waals surface area contributed by atoms with Crippen molar-refractivity contribution in [3.8, 4) is 11.4 Å². The van der Waals surface area contributed by atoms with Gasteiger partial charge in [0, 0.05) is 43.4 Å². The standard InChI is InChI=1S/C25H22F6N6O/c1-13-2-4-19(22-34-9-17(10-35-22)25(29,30)31)21(36-13)23(38)37-12-15-6-14(15)7-18(37)11-33-20-5-3-16(8-32-20)24(26,27)28/h2-5,8-10,14-15,18H,6-7,11-12H2,1H3,(H,32,33)/t14-,15+,18+/m1/s1. The van der Waals surface area contributed by atoms with Crippen LogP contribution in [0.25, 0.3) is 11.4 Å². The second-order valence-electron chi connectivity index (χ2n) is 9.56. The third-order valence-corrected chi connectivity index (χ3v) is 6.84. The molecule has 1 amide bonds. The maximum absolute atomic E-state index is 13.8. The Bertz CT molecular complexity index is 1330. The summed E-state index contributed by atoms with van der Waals surface area (Å²) in [5.74, 6) is 0.573. The first-order valence-electron chi connectivity index (χ1n) is 11.9. The second kappa shape index (κ2) is 9.52. The van der Waals surface area contributed by atoms with E-state index in [-0.39, 0.29) is 35.5 Å². The summed E-state index contributed by atoms with van der Waals surface area (Å²) in [7, 11) is 0. The number of anilines is 1. The van der Waals surface area contributed by atoms with E-state index in [9.17, 15) is 31.1 Å². The normalized spacial score (nSPS) is 21.1. The van der Waals surface area contributed by atoms with Crippen LogP contribution in [0.5, 0.6) is 0 Å². The van der Waals surface area contributed by atoms with Crippen molar-refractivity contribution in [2.45, 2.75) is 38.2 Å². The van der Waals surface area contributed by atoms with E-state index in [0.29, 0.717) is 42.9 Å². The van der Waals surface area contributed by atoms with E-state index < -0.39 is 29.4 Å². The molecule has 0 aromatic carbocycles. The average molecular weight is 536 g/mol. The molecular weight excluding hydrogens is 514 g/mol. The fourth-order valence-corrected chi connectivity index (χ4v) is 4.68. The van der Waals surface area contributed by atoms with E-state index in [1.807, 2.05) is 0 Å². The van der Waals surface area contributed by atoms with Gasteiger partial charge in [-0.3, -0.25) is 4.79 Å². The lowest BCUT2D eigenvalue weighted by atomic mass is 10.00. The van der Waals surface area contributed by atoms with Crippen LogP contribution in [0.3, 0.4) is 0 Å². The molecule has 0 unspecified atom stereocenters. The van der Waals surface area contributed by atoms with E-state index in [1.54, 1.807) is 24.0 Å². The van der Waals surface area contributed by atoms with Crippen molar-refractivity contribution in [2.24, 2.45) is 11.8 Å². The lowest BCUT2D eigenvalue weighted by molar-refractivity contribution is -0.138. The fraction of sp³-hybridized carbons (Fsp3) is 0.400. The highest BCUT2D eigenvalue weighted by Crippen LogP contribution is 2.47. The van der Waals surface area contributed by atoms with Crippen molar-refractivity contribution >= 4 is 11.7 Å². The number of carbonyl (C=O) groups is 1. The molecule has 3 atom stereocenters. The van der Waals surface area contributed by atoms with Gasteiger partial charge >= 0.3 is 12.4 Å². The summed E-state index contributed by atoms with van der Waals surface area (Å²) in [4.78, 5) is 31.3. The third-order valence-electron chi connectivity index (χ3n) is 6.84. The van der Waals surface area contributed by atoms with Crippen LogP contribution in [0.15, 0.2) is 42.9 Å². The van der Waals surface area contributed by atoms with E-state index in [1.165, 1.54) is 6.07 Å². The van der Waals surface area contributed by atoms with E-state index in [4.69, 9.17) is 0 Å². The number of halogens is 6. The largest absolute Gasteiger partial charge is 0.419 e. The highest BCUT2D eigenvalue weighted by atomic mass is 19.4. The summed E-state index contributed by atoms with van der Waals surface area (Å²) < 4.78 is 77.4. The van der Waals surface area contributed by atoms with Gasteiger partial charge in [-0.1, -0.05) is 0 Å². The molecule has 3 aromatic rings. The lowest BCUT2D eigenvalue weighted by Gasteiger charge is -2.36. The maximum Gasteiger partial charge on any atom is 0.419 e. The quantitative estimate of drug-likeness (QED) is 0.449. The van der Waals surface area contributed by atoms with Crippen molar-refractivity contribution < 1.29 is 31.1 Å². The summed E-state index contributed by atoms with van der Waals surface area (Å²) in [5.41, 5.74) is -1.09. The fourth-order valence-electron chi connectivity index (χ4n) is 4.68. The molecule has 1 saturated heterocycles. The van der Waals surface area contributed by atoms with E-state index >= 15 is 0 Å². The number of aromatic nitrogens is 4. The van der Waals surface area contributed by atoms with Crippen molar-refractivity contribution in [3.05, 3.63) is 65.4 Å². The van der Waals surface area contributed by atoms with Gasteiger partial charge in [-0.15, -0.1) is 0 Å². The Morgan fingerprint density at radius 1 is 0.921 bits per heavy atom. The Kier molecular flexibility index (Phi) is 6.48. The Balaban J connectivity index is 1.38. The number of nitrogens with zero attached hydrogens (tertiary/aromatic N) is 5. The molecule has 38 heavy (non-hydrogen) atoms. The molecular formula is C25H22F6N6O. The number of hydrogen-bond donors (Lipinski definition) is 1. The summed E-state index contributed by atoms with van der Waals surface area (Å²) in [6.45, 7) is 2.42. The van der Waals surface area contributed by atoms with Crippen LogP contribution in [0, 0.1) is 18.8 Å². The first kappa shape index (κ1) is 25.9. The molecule has 0 bridgehead atoms. The van der Waals surface area contributed by atoms with E-state index in [2.05, 4.69) is 25.3 Å². The Morgan fingerprint density at radius 2 is 1.61 bits per heavy atom. The number of hydrogen-bond acceptors (Lipinski definition) is 6. The van der Waals surface area contributed by atoms with Crippen LogP contribution in [-0.2, 0) is 12.4 Å². The Labute approximate surface area is 213 Å². The SMILES string of the molecule is Cc1ccc(-c2ncc(C(F)(F)F)cn2)c(C(=O)N2C[C@@H]3C[C@@H]3C[C@H]2CNc2ccc(C(F)(F)F)cn2)n1. The minimum Gasteiger partial charge on any atom is -0.368 e. The molecule has 1 saturated carbocycles. The molecule has 0 radical (unpaired) electrons. The monoisotopic (exact) mass is 536 g/mol. The predicted molar refractivity (Wildman–Crippen MR) is 124 cm³/mol. The molecule has 0 spiro atoms. The number of likely N-dealkylation sites (tertiary alicyclic amines) is 1. The van der Waals surface area contributed by atoms with Crippen molar-refractivity contribution in [3.63, 3.8) is 0 Å². The summed E-state index contributed by atoms with van der Waals surface area (Å²) in [6, 6.07) is 5.05. The molecule has 1 aliphatic heterocycles. The molecule has 1 N–H and O–H groups in total. The highest BCUT2D eigenvalue weighted by molar-refractivity contribution is 5.98. The second-order valence-corrected chi connectivity index (χ2v) is 9.56. The third kappa shape index (κ3) is 5.41. The van der Waals surface area contributed by atoms with E-state index in [0.717, 1.165) is 18.7 Å². The summed E-state index contributed by atoms with van der Waals surface area (Å²) in [6.07, 6.45) is -5.35. The molecule has 1 aliphatic carbocycles. The predicted octanol–water partition coefficient (Wildman–Crippen LogP) is 5.24. The van der Waals surface area contributed by atoms with Crippen LogP contribution >= 0.6 is 0 Å². The number of nitrogens with one attached hydrogen (secondary N) is 1. The number of aryl methyl sites for hydroxylation is 1. The number of alkyl halides is 6. The molecule has 2 aliphatic rings. The van der Waals surface area contributed by atoms with Gasteiger partial charge in [0.15, 0.2) is 5.82 Å². The van der Waals surface area contributed by atoms with Gasteiger partial charge in [-0.2, -0.15) is 26.3 Å². The molecule has 200 valence electrons. The van der Waals surface area contributed by atoms with Crippen molar-refractivity contribution in [2.75, 3.05) is 18.4 Å². The van der Waals surface area contributed by atoms with Crippen LogP contribution in [0.4, 0.5) is 32.2 Å². The smallest absolute Gasteiger partial charge is 0.368 e. The summed E-state index contributed by atoms with van der Waals surface area (Å²) >= 11 is 0. The first-order chi connectivity index (χ1) is 17.9. The van der Waals surface area contributed by atoms with Gasteiger partial charge in [0.05, 0.1) is 16.7 Å². The van der Waals surface area contributed by atoms with Gasteiger partial charge in [-0.25, -0.2) is 19.9 Å². The Hall–Kier alpha value is -3.77. The highest BCUT2D eigenvalue weighted by Gasteiger charge is 2.47. The van der Waals surface area contributed by atoms with Crippen molar-refractivity contribution in [1.29, 1.82) is 0 Å². The summed E-state index contributed by atoms with van der Waals surface area (Å²) in [5, 5.41) is 3.02. The van der Waals surface area contributed by atoms with Gasteiger partial charge in [0.2, 0.25) is 0 Å². The number of fused-ring (bicyclic) bond motifs is 1. The zero-order valence-electron chi connectivity index (χ0n) is 20.0. The zero-order chi connectivity index (χ0) is 27.2. The van der Waals surface area contributed by atoms with Crippen LogP contribution < -0.4 is 5.32 Å². The average Bonchev–Trinajstić information content (AvgIpc) is 3.64. The van der Waals surface area contributed by atoms with Crippen molar-refractivity contribution in [1.82, 2.24) is 24.8 Å². The zero-order valence-corrected chi connectivity index (χ0v) is 20.0. The Morgan fingerprint density at radius 3 is 2.24 bits per heavy atom. The first-order valence-corrected chi connectivity index (χ1v) is 11.9. The maximum atomic E-state index is 13.8. The van der Waals surface area contributed by atoms with Crippen LogP contribution in [0.1, 0.15) is 40.2 Å². The molecule has 13 heteroatoms. The number of pyridine rings is 2. The lowest BCUT2D eigenvalue weighted by Crippen LogP contribution is -2.48. The van der Waals surface area contributed by atoms with Gasteiger partial charge in [-0.05, 0) is 55.9 Å². The molecule has 4 heterocycles. The molecule has 7 nitrogen and oxygen atoms in total. The molecule has 3 aromatic heterocycles. The number of amides is 1.